The maximum Gasteiger partial charge on any atom is 0.116 e. The van der Waals surface area contributed by atoms with E-state index in [1.54, 1.807) is 6.33 Å². The molecule has 1 aromatic heterocycles. The summed E-state index contributed by atoms with van der Waals surface area (Å²) in [5.41, 5.74) is 2.24. The van der Waals surface area contributed by atoms with Crippen molar-refractivity contribution in [2.24, 2.45) is 0 Å². The Hall–Kier alpha value is -0.960. The molecule has 0 saturated carbocycles. The SMILES string of the molecule is BrCc1cccc2cncnc12. The van der Waals surface area contributed by atoms with Crippen molar-refractivity contribution in [1.29, 1.82) is 0 Å². The van der Waals surface area contributed by atoms with Crippen molar-refractivity contribution < 1.29 is 0 Å². The van der Waals surface area contributed by atoms with E-state index in [0.29, 0.717) is 0 Å². The van der Waals surface area contributed by atoms with Gasteiger partial charge in [0.1, 0.15) is 6.33 Å². The van der Waals surface area contributed by atoms with Crippen LogP contribution in [0.25, 0.3) is 10.9 Å². The van der Waals surface area contributed by atoms with E-state index < -0.39 is 0 Å². The van der Waals surface area contributed by atoms with Gasteiger partial charge in [-0.2, -0.15) is 0 Å². The summed E-state index contributed by atoms with van der Waals surface area (Å²) >= 11 is 3.42. The van der Waals surface area contributed by atoms with Crippen LogP contribution in [0.15, 0.2) is 30.7 Å². The first-order valence-electron chi connectivity index (χ1n) is 3.65. The third-order valence-corrected chi connectivity index (χ3v) is 2.37. The second-order valence-electron chi connectivity index (χ2n) is 2.51. The zero-order valence-corrected chi connectivity index (χ0v) is 7.95. The topological polar surface area (TPSA) is 25.8 Å². The number of aromatic nitrogens is 2. The van der Waals surface area contributed by atoms with E-state index in [1.807, 2.05) is 18.3 Å². The number of para-hydroxylation sites is 1. The van der Waals surface area contributed by atoms with E-state index in [9.17, 15) is 0 Å². The lowest BCUT2D eigenvalue weighted by atomic mass is 10.1. The first-order valence-corrected chi connectivity index (χ1v) is 4.77. The van der Waals surface area contributed by atoms with Gasteiger partial charge in [-0.3, -0.25) is 0 Å². The third-order valence-electron chi connectivity index (χ3n) is 1.76. The Bertz CT molecular complexity index is 395. The normalized spacial score (nSPS) is 10.4. The highest BCUT2D eigenvalue weighted by Gasteiger charge is 1.98. The largest absolute Gasteiger partial charge is 0.244 e. The highest BCUT2D eigenvalue weighted by atomic mass is 79.9. The van der Waals surface area contributed by atoms with Gasteiger partial charge >= 0.3 is 0 Å². The number of nitrogens with zero attached hydrogens (tertiary/aromatic N) is 2. The lowest BCUT2D eigenvalue weighted by molar-refractivity contribution is 1.21. The first-order chi connectivity index (χ1) is 5.92. The fourth-order valence-corrected chi connectivity index (χ4v) is 1.64. The van der Waals surface area contributed by atoms with Gasteiger partial charge in [0.25, 0.3) is 0 Å². The molecule has 1 aromatic carbocycles. The predicted octanol–water partition coefficient (Wildman–Crippen LogP) is 2.52. The van der Waals surface area contributed by atoms with Crippen molar-refractivity contribution in [3.05, 3.63) is 36.3 Å². The smallest absolute Gasteiger partial charge is 0.116 e. The minimum atomic E-state index is 0.835. The molecule has 2 rings (SSSR count). The Morgan fingerprint density at radius 1 is 1.33 bits per heavy atom. The molecule has 2 nitrogen and oxygen atoms in total. The van der Waals surface area contributed by atoms with Crippen molar-refractivity contribution in [2.45, 2.75) is 5.33 Å². The zero-order valence-electron chi connectivity index (χ0n) is 6.37. The molecule has 0 radical (unpaired) electrons. The van der Waals surface area contributed by atoms with Crippen molar-refractivity contribution in [3.63, 3.8) is 0 Å². The second-order valence-corrected chi connectivity index (χ2v) is 3.07. The highest BCUT2D eigenvalue weighted by Crippen LogP contribution is 2.16. The molecule has 60 valence electrons. The number of hydrogen-bond donors (Lipinski definition) is 0. The van der Waals surface area contributed by atoms with Gasteiger partial charge in [-0.15, -0.1) is 0 Å². The fourth-order valence-electron chi connectivity index (χ4n) is 1.19. The minimum absolute atomic E-state index is 0.835. The number of benzene rings is 1. The lowest BCUT2D eigenvalue weighted by Crippen LogP contribution is -1.85. The summed E-state index contributed by atoms with van der Waals surface area (Å²) in [6.45, 7) is 0. The van der Waals surface area contributed by atoms with Crippen molar-refractivity contribution >= 4 is 26.8 Å². The van der Waals surface area contributed by atoms with Crippen LogP contribution >= 0.6 is 15.9 Å². The van der Waals surface area contributed by atoms with Crippen molar-refractivity contribution in [2.75, 3.05) is 0 Å². The molecule has 3 heteroatoms. The van der Waals surface area contributed by atoms with E-state index in [4.69, 9.17) is 0 Å². The highest BCUT2D eigenvalue weighted by molar-refractivity contribution is 9.08. The average Bonchev–Trinajstić information content (AvgIpc) is 2.17. The van der Waals surface area contributed by atoms with E-state index in [2.05, 4.69) is 32.0 Å². The average molecular weight is 223 g/mol. The van der Waals surface area contributed by atoms with E-state index in [-0.39, 0.29) is 0 Å². The molecule has 0 aliphatic carbocycles. The number of rotatable bonds is 1. The molecule has 12 heavy (non-hydrogen) atoms. The molecule has 0 N–H and O–H groups in total. The molecule has 0 fully saturated rings. The van der Waals surface area contributed by atoms with Gasteiger partial charge in [0.2, 0.25) is 0 Å². The lowest BCUT2D eigenvalue weighted by Gasteiger charge is -1.99. The third kappa shape index (κ3) is 1.20. The summed E-state index contributed by atoms with van der Waals surface area (Å²) in [4.78, 5) is 8.17. The van der Waals surface area contributed by atoms with Gasteiger partial charge in [0.15, 0.2) is 0 Å². The summed E-state index contributed by atoms with van der Waals surface area (Å²) in [5.74, 6) is 0. The molecule has 0 bridgehead atoms. The molecule has 0 saturated heterocycles. The molecular weight excluding hydrogens is 216 g/mol. The molecule has 0 spiro atoms. The predicted molar refractivity (Wildman–Crippen MR) is 52.2 cm³/mol. The number of alkyl halides is 1. The van der Waals surface area contributed by atoms with Crippen molar-refractivity contribution in [3.8, 4) is 0 Å². The summed E-state index contributed by atoms with van der Waals surface area (Å²) in [5, 5.41) is 1.93. The van der Waals surface area contributed by atoms with Crippen LogP contribution in [0.4, 0.5) is 0 Å². The van der Waals surface area contributed by atoms with Crippen molar-refractivity contribution in [1.82, 2.24) is 9.97 Å². The minimum Gasteiger partial charge on any atom is -0.244 e. The van der Waals surface area contributed by atoms with Crippen LogP contribution < -0.4 is 0 Å². The maximum absolute atomic E-state index is 4.21. The Morgan fingerprint density at radius 2 is 2.25 bits per heavy atom. The van der Waals surface area contributed by atoms with Crippen LogP contribution in [-0.4, -0.2) is 9.97 Å². The molecule has 0 amide bonds. The van der Waals surface area contributed by atoms with E-state index in [1.165, 1.54) is 5.56 Å². The van der Waals surface area contributed by atoms with E-state index in [0.717, 1.165) is 16.2 Å². The van der Waals surface area contributed by atoms with Gasteiger partial charge < -0.3 is 0 Å². The van der Waals surface area contributed by atoms with Gasteiger partial charge in [0, 0.05) is 16.9 Å². The number of hydrogen-bond acceptors (Lipinski definition) is 2. The molecular formula is C9H7BrN2. The molecule has 0 aliphatic heterocycles. The van der Waals surface area contributed by atoms with Crippen LogP contribution in [-0.2, 0) is 5.33 Å². The van der Waals surface area contributed by atoms with Crippen LogP contribution in [0.3, 0.4) is 0 Å². The fraction of sp³-hybridized carbons (Fsp3) is 0.111. The number of halogens is 1. The summed E-state index contributed by atoms with van der Waals surface area (Å²) < 4.78 is 0. The Morgan fingerprint density at radius 3 is 3.08 bits per heavy atom. The zero-order chi connectivity index (χ0) is 8.39. The standard InChI is InChI=1S/C9H7BrN2/c10-4-7-2-1-3-8-5-11-6-12-9(7)8/h1-3,5-6H,4H2. The Labute approximate surface area is 78.8 Å². The molecule has 2 aromatic rings. The summed E-state index contributed by atoms with van der Waals surface area (Å²) in [7, 11) is 0. The molecule has 0 aliphatic rings. The summed E-state index contributed by atoms with van der Waals surface area (Å²) in [6, 6.07) is 6.09. The van der Waals surface area contributed by atoms with Crippen LogP contribution in [0.5, 0.6) is 0 Å². The van der Waals surface area contributed by atoms with E-state index >= 15 is 0 Å². The first kappa shape index (κ1) is 7.68. The molecule has 1 heterocycles. The maximum atomic E-state index is 4.21. The Kier molecular flexibility index (Phi) is 2.04. The monoisotopic (exact) mass is 222 g/mol. The van der Waals surface area contributed by atoms with Crippen LogP contribution in [0, 0.1) is 0 Å². The molecule has 0 atom stereocenters. The summed E-state index contributed by atoms with van der Waals surface area (Å²) in [6.07, 6.45) is 3.41. The van der Waals surface area contributed by atoms with Gasteiger partial charge in [-0.05, 0) is 5.56 Å². The molecule has 0 unspecified atom stereocenters. The quantitative estimate of drug-likeness (QED) is 0.694. The number of fused-ring (bicyclic) bond motifs is 1. The Balaban J connectivity index is 2.79. The van der Waals surface area contributed by atoms with Crippen LogP contribution in [0.2, 0.25) is 0 Å². The van der Waals surface area contributed by atoms with Gasteiger partial charge in [0.05, 0.1) is 5.52 Å². The second kappa shape index (κ2) is 3.19. The van der Waals surface area contributed by atoms with Gasteiger partial charge in [-0.25, -0.2) is 9.97 Å². The van der Waals surface area contributed by atoms with Crippen LogP contribution in [0.1, 0.15) is 5.56 Å². The van der Waals surface area contributed by atoms with Gasteiger partial charge in [-0.1, -0.05) is 34.1 Å².